The van der Waals surface area contributed by atoms with Gasteiger partial charge in [-0.05, 0) is 68.4 Å². The monoisotopic (exact) mass is 677 g/mol. The minimum atomic E-state index is 0.566. The highest BCUT2D eigenvalue weighted by atomic mass is 16.3. The fraction of sp³-hybridized carbons (Fsp3) is 0. The molecular formula is C49H31N3O. The molecule has 0 aliphatic heterocycles. The van der Waals surface area contributed by atoms with E-state index in [4.69, 9.17) is 19.4 Å². The van der Waals surface area contributed by atoms with Crippen LogP contribution in [0.5, 0.6) is 0 Å². The third-order valence-electron chi connectivity index (χ3n) is 9.95. The van der Waals surface area contributed by atoms with Gasteiger partial charge in [0.15, 0.2) is 17.5 Å². The van der Waals surface area contributed by atoms with E-state index < -0.39 is 0 Å². The second-order valence-corrected chi connectivity index (χ2v) is 13.2. The summed E-state index contributed by atoms with van der Waals surface area (Å²) in [5, 5.41) is 4.56. The van der Waals surface area contributed by atoms with E-state index in [9.17, 15) is 0 Å². The summed E-state index contributed by atoms with van der Waals surface area (Å²) >= 11 is 0. The van der Waals surface area contributed by atoms with Crippen LogP contribution in [0.15, 0.2) is 192 Å². The van der Waals surface area contributed by atoms with Crippen molar-refractivity contribution in [2.75, 3.05) is 0 Å². The van der Waals surface area contributed by atoms with Crippen LogP contribution in [-0.4, -0.2) is 15.0 Å². The molecule has 0 fully saturated rings. The van der Waals surface area contributed by atoms with Crippen LogP contribution in [0, 0.1) is 0 Å². The summed E-state index contributed by atoms with van der Waals surface area (Å²) in [7, 11) is 0. The molecule has 0 atom stereocenters. The summed E-state index contributed by atoms with van der Waals surface area (Å²) < 4.78 is 6.41. The van der Waals surface area contributed by atoms with Crippen LogP contribution in [0.25, 0.3) is 100 Å². The number of aromatic nitrogens is 3. The van der Waals surface area contributed by atoms with E-state index in [2.05, 4.69) is 127 Å². The molecule has 10 rings (SSSR count). The average molecular weight is 678 g/mol. The zero-order valence-electron chi connectivity index (χ0n) is 28.6. The molecule has 8 aromatic carbocycles. The molecule has 0 saturated carbocycles. The molecule has 2 heterocycles. The fourth-order valence-corrected chi connectivity index (χ4v) is 7.39. The number of hydrogen-bond acceptors (Lipinski definition) is 4. The largest absolute Gasteiger partial charge is 0.455 e. The summed E-state index contributed by atoms with van der Waals surface area (Å²) in [4.78, 5) is 15.2. The summed E-state index contributed by atoms with van der Waals surface area (Å²) in [6.07, 6.45) is 0. The van der Waals surface area contributed by atoms with Gasteiger partial charge in [-0.3, -0.25) is 0 Å². The number of rotatable bonds is 6. The smallest absolute Gasteiger partial charge is 0.167 e. The highest BCUT2D eigenvalue weighted by Gasteiger charge is 2.18. The van der Waals surface area contributed by atoms with E-state index in [1.165, 1.54) is 27.5 Å². The maximum Gasteiger partial charge on any atom is 0.167 e. The Morgan fingerprint density at radius 3 is 1.47 bits per heavy atom. The molecule has 0 unspecified atom stereocenters. The van der Waals surface area contributed by atoms with Gasteiger partial charge >= 0.3 is 0 Å². The number of hydrogen-bond donors (Lipinski definition) is 0. The molecule has 2 aromatic heterocycles. The quantitative estimate of drug-likeness (QED) is 0.176. The standard InChI is InChI=1S/C49H31N3O/c1-3-14-32(15-4-1)38-28-29-39(41-23-8-7-22-40(38)41)36-20-11-18-34(30-36)35-19-12-21-37(31-35)48-50-47(33-16-5-2-6-17-33)51-49(52-48)44-26-13-25-43-42-24-9-10-27-45(42)53-46(43)44/h1-31H. The first kappa shape index (κ1) is 30.6. The van der Waals surface area contributed by atoms with Gasteiger partial charge in [-0.15, -0.1) is 0 Å². The molecule has 0 aliphatic rings. The minimum Gasteiger partial charge on any atom is -0.455 e. The Kier molecular flexibility index (Phi) is 7.43. The van der Waals surface area contributed by atoms with Gasteiger partial charge in [0.25, 0.3) is 0 Å². The van der Waals surface area contributed by atoms with Crippen molar-refractivity contribution in [3.63, 3.8) is 0 Å². The van der Waals surface area contributed by atoms with Crippen molar-refractivity contribution in [2.24, 2.45) is 0 Å². The highest BCUT2D eigenvalue weighted by Crippen LogP contribution is 2.38. The normalized spacial score (nSPS) is 11.4. The second-order valence-electron chi connectivity index (χ2n) is 13.2. The van der Waals surface area contributed by atoms with Crippen LogP contribution >= 0.6 is 0 Å². The Balaban J connectivity index is 1.08. The van der Waals surface area contributed by atoms with Gasteiger partial charge in [-0.2, -0.15) is 0 Å². The zero-order chi connectivity index (χ0) is 35.1. The molecule has 0 saturated heterocycles. The Morgan fingerprint density at radius 1 is 0.283 bits per heavy atom. The van der Waals surface area contributed by atoms with Crippen LogP contribution in [0.1, 0.15) is 0 Å². The summed E-state index contributed by atoms with van der Waals surface area (Å²) in [5.74, 6) is 1.77. The molecule has 0 spiro atoms. The molecule has 0 radical (unpaired) electrons. The lowest BCUT2D eigenvalue weighted by molar-refractivity contribution is 0.669. The average Bonchev–Trinajstić information content (AvgIpc) is 3.63. The molecule has 0 amide bonds. The molecular weight excluding hydrogens is 647 g/mol. The molecule has 53 heavy (non-hydrogen) atoms. The third-order valence-corrected chi connectivity index (χ3v) is 9.95. The van der Waals surface area contributed by atoms with Crippen molar-refractivity contribution in [1.82, 2.24) is 15.0 Å². The van der Waals surface area contributed by atoms with E-state index in [0.29, 0.717) is 17.5 Å². The molecule has 0 bridgehead atoms. The Bertz CT molecular complexity index is 2950. The summed E-state index contributed by atoms with van der Waals surface area (Å²) in [6.45, 7) is 0. The minimum absolute atomic E-state index is 0.566. The Morgan fingerprint density at radius 2 is 0.755 bits per heavy atom. The first-order chi connectivity index (χ1) is 26.3. The number of nitrogens with zero attached hydrogens (tertiary/aromatic N) is 3. The Hall–Kier alpha value is -7.17. The second kappa shape index (κ2) is 12.9. The maximum absolute atomic E-state index is 6.41. The fourth-order valence-electron chi connectivity index (χ4n) is 7.39. The maximum atomic E-state index is 6.41. The van der Waals surface area contributed by atoms with E-state index in [1.54, 1.807) is 0 Å². The van der Waals surface area contributed by atoms with Crippen LogP contribution in [0.4, 0.5) is 0 Å². The Labute approximate surface area is 306 Å². The van der Waals surface area contributed by atoms with Crippen molar-refractivity contribution in [3.8, 4) is 67.5 Å². The van der Waals surface area contributed by atoms with Gasteiger partial charge in [0.2, 0.25) is 0 Å². The molecule has 4 nitrogen and oxygen atoms in total. The van der Waals surface area contributed by atoms with E-state index in [-0.39, 0.29) is 0 Å². The van der Waals surface area contributed by atoms with Crippen LogP contribution < -0.4 is 0 Å². The number of fused-ring (bicyclic) bond motifs is 4. The van der Waals surface area contributed by atoms with Crippen molar-refractivity contribution < 1.29 is 4.42 Å². The molecule has 0 N–H and O–H groups in total. The number of para-hydroxylation sites is 2. The SMILES string of the molecule is c1ccc(-c2nc(-c3cccc(-c4cccc(-c5ccc(-c6ccccc6)c6ccccc56)c4)c3)nc(-c3cccc4c3oc3ccccc34)n2)cc1. The molecule has 0 aliphatic carbocycles. The van der Waals surface area contributed by atoms with Gasteiger partial charge in [0.1, 0.15) is 11.2 Å². The highest BCUT2D eigenvalue weighted by molar-refractivity contribution is 6.09. The van der Waals surface area contributed by atoms with Crippen LogP contribution in [0.3, 0.4) is 0 Å². The predicted molar refractivity (Wildman–Crippen MR) is 217 cm³/mol. The van der Waals surface area contributed by atoms with E-state index >= 15 is 0 Å². The van der Waals surface area contributed by atoms with Gasteiger partial charge in [-0.1, -0.05) is 164 Å². The van der Waals surface area contributed by atoms with Gasteiger partial charge in [-0.25, -0.2) is 15.0 Å². The summed E-state index contributed by atoms with van der Waals surface area (Å²) in [5.41, 5.74) is 11.3. The van der Waals surface area contributed by atoms with Gasteiger partial charge < -0.3 is 4.42 Å². The lowest BCUT2D eigenvalue weighted by Gasteiger charge is -2.13. The third kappa shape index (κ3) is 5.54. The van der Waals surface area contributed by atoms with Crippen molar-refractivity contribution in [2.45, 2.75) is 0 Å². The lowest BCUT2D eigenvalue weighted by Crippen LogP contribution is -2.00. The van der Waals surface area contributed by atoms with Crippen molar-refractivity contribution in [3.05, 3.63) is 188 Å². The van der Waals surface area contributed by atoms with E-state index in [0.717, 1.165) is 55.3 Å². The lowest BCUT2D eigenvalue weighted by atomic mass is 9.91. The molecule has 10 aromatic rings. The van der Waals surface area contributed by atoms with Crippen molar-refractivity contribution in [1.29, 1.82) is 0 Å². The van der Waals surface area contributed by atoms with E-state index in [1.807, 2.05) is 60.7 Å². The topological polar surface area (TPSA) is 51.8 Å². The zero-order valence-corrected chi connectivity index (χ0v) is 28.6. The first-order valence-corrected chi connectivity index (χ1v) is 17.8. The van der Waals surface area contributed by atoms with Crippen LogP contribution in [0.2, 0.25) is 0 Å². The molecule has 4 heteroatoms. The van der Waals surface area contributed by atoms with Crippen molar-refractivity contribution >= 4 is 32.7 Å². The first-order valence-electron chi connectivity index (χ1n) is 17.8. The van der Waals surface area contributed by atoms with Gasteiger partial charge in [0.05, 0.1) is 5.56 Å². The number of furan rings is 1. The van der Waals surface area contributed by atoms with Gasteiger partial charge in [0, 0.05) is 21.9 Å². The molecule has 248 valence electrons. The summed E-state index contributed by atoms with van der Waals surface area (Å²) in [6, 6.07) is 65.3. The predicted octanol–water partition coefficient (Wildman–Crippen LogP) is 12.9. The van der Waals surface area contributed by atoms with Crippen LogP contribution in [-0.2, 0) is 0 Å². The number of benzene rings is 8.